The van der Waals surface area contributed by atoms with Crippen molar-refractivity contribution in [2.75, 3.05) is 11.9 Å². The number of carbonyl (C=O) groups is 1. The number of aliphatic hydroxyl groups excluding tert-OH is 1. The van der Waals surface area contributed by atoms with Crippen LogP contribution in [0, 0.1) is 0 Å². The molecule has 0 radical (unpaired) electrons. The van der Waals surface area contributed by atoms with Crippen molar-refractivity contribution in [1.29, 1.82) is 0 Å². The Morgan fingerprint density at radius 2 is 2.11 bits per heavy atom. The van der Waals surface area contributed by atoms with Gasteiger partial charge in [-0.3, -0.25) is 14.4 Å². The lowest BCUT2D eigenvalue weighted by molar-refractivity contribution is -0.0177. The van der Waals surface area contributed by atoms with Gasteiger partial charge in [-0.2, -0.15) is 0 Å². The van der Waals surface area contributed by atoms with Gasteiger partial charge < -0.3 is 15.2 Å². The van der Waals surface area contributed by atoms with Crippen molar-refractivity contribution in [3.8, 4) is 0 Å². The number of nitrogens with one attached hydrogen (secondary N) is 1. The van der Waals surface area contributed by atoms with E-state index in [-0.39, 0.29) is 29.4 Å². The first-order valence-corrected chi connectivity index (χ1v) is 8.54. The number of hydrogen-bond donors (Lipinski definition) is 2. The summed E-state index contributed by atoms with van der Waals surface area (Å²) < 4.78 is 21.5. The van der Waals surface area contributed by atoms with E-state index in [0.29, 0.717) is 5.56 Å². The van der Waals surface area contributed by atoms with E-state index in [1.165, 1.54) is 17.2 Å². The van der Waals surface area contributed by atoms with Crippen LogP contribution in [0.5, 0.6) is 0 Å². The van der Waals surface area contributed by atoms with Crippen molar-refractivity contribution < 1.29 is 19.0 Å². The number of anilines is 1. The summed E-state index contributed by atoms with van der Waals surface area (Å²) in [4.78, 5) is 28.4. The number of imidazole rings is 1. The van der Waals surface area contributed by atoms with Crippen LogP contribution in [-0.4, -0.2) is 62.2 Å². The second-order valence-electron chi connectivity index (χ2n) is 6.27. The van der Waals surface area contributed by atoms with Crippen LogP contribution in [0.4, 0.5) is 10.2 Å². The van der Waals surface area contributed by atoms with Gasteiger partial charge in [-0.05, 0) is 18.9 Å². The van der Waals surface area contributed by atoms with Gasteiger partial charge in [0, 0.05) is 5.56 Å². The maximum Gasteiger partial charge on any atom is 0.256 e. The SMILES string of the molecule is C=NC[C@H]1O[C@@H](n2cnc3c(NC(=O)c4ccccc4)ncnc32)[C@H](F)[C@@H]1O. The van der Waals surface area contributed by atoms with Crippen LogP contribution in [0.25, 0.3) is 11.2 Å². The summed E-state index contributed by atoms with van der Waals surface area (Å²) in [6, 6.07) is 8.64. The van der Waals surface area contributed by atoms with E-state index in [1.54, 1.807) is 30.3 Å². The van der Waals surface area contributed by atoms with E-state index in [9.17, 15) is 14.3 Å². The zero-order valence-electron chi connectivity index (χ0n) is 14.6. The molecule has 4 rings (SSSR count). The fourth-order valence-corrected chi connectivity index (χ4v) is 3.10. The van der Waals surface area contributed by atoms with Crippen molar-refractivity contribution >= 4 is 29.6 Å². The molecule has 1 aromatic carbocycles. The van der Waals surface area contributed by atoms with Crippen molar-refractivity contribution in [3.05, 3.63) is 48.5 Å². The van der Waals surface area contributed by atoms with Crippen molar-refractivity contribution in [2.45, 2.75) is 24.6 Å². The maximum atomic E-state index is 14.6. The number of carbonyl (C=O) groups excluding carboxylic acids is 1. The Balaban J connectivity index is 1.64. The number of halogens is 1. The van der Waals surface area contributed by atoms with Crippen LogP contribution in [0.15, 0.2) is 48.0 Å². The maximum absolute atomic E-state index is 14.6. The van der Waals surface area contributed by atoms with E-state index in [0.717, 1.165) is 0 Å². The zero-order valence-corrected chi connectivity index (χ0v) is 14.6. The van der Waals surface area contributed by atoms with E-state index in [1.807, 2.05) is 0 Å². The number of alkyl halides is 1. The molecule has 4 atom stereocenters. The van der Waals surface area contributed by atoms with Gasteiger partial charge >= 0.3 is 0 Å². The molecule has 2 N–H and O–H groups in total. The van der Waals surface area contributed by atoms with E-state index in [4.69, 9.17) is 4.74 Å². The highest BCUT2D eigenvalue weighted by molar-refractivity contribution is 6.06. The van der Waals surface area contributed by atoms with Crippen LogP contribution < -0.4 is 5.32 Å². The third-order valence-corrected chi connectivity index (χ3v) is 4.50. The van der Waals surface area contributed by atoms with Crippen LogP contribution in [-0.2, 0) is 4.74 Å². The summed E-state index contributed by atoms with van der Waals surface area (Å²) in [6.45, 7) is 3.41. The first-order chi connectivity index (χ1) is 13.6. The van der Waals surface area contributed by atoms with Gasteiger partial charge in [-0.1, -0.05) is 18.2 Å². The minimum absolute atomic E-state index is 0.0675. The summed E-state index contributed by atoms with van der Waals surface area (Å²) in [5.41, 5.74) is 1.01. The summed E-state index contributed by atoms with van der Waals surface area (Å²) in [7, 11) is 0. The van der Waals surface area contributed by atoms with Crippen LogP contribution in [0.2, 0.25) is 0 Å². The Morgan fingerprint density at radius 3 is 2.86 bits per heavy atom. The summed E-state index contributed by atoms with van der Waals surface area (Å²) in [5.74, 6) is -0.168. The second-order valence-corrected chi connectivity index (χ2v) is 6.27. The molecule has 1 saturated heterocycles. The normalized spacial score (nSPS) is 24.4. The molecule has 1 aliphatic heterocycles. The van der Waals surface area contributed by atoms with Crippen LogP contribution >= 0.6 is 0 Å². The smallest absolute Gasteiger partial charge is 0.256 e. The number of nitrogens with zero attached hydrogens (tertiary/aromatic N) is 5. The van der Waals surface area contributed by atoms with Crippen molar-refractivity contribution in [3.63, 3.8) is 0 Å². The van der Waals surface area contributed by atoms with E-state index >= 15 is 0 Å². The highest BCUT2D eigenvalue weighted by Crippen LogP contribution is 2.34. The molecule has 3 aromatic rings. The minimum Gasteiger partial charge on any atom is -0.387 e. The van der Waals surface area contributed by atoms with Crippen LogP contribution in [0.1, 0.15) is 16.6 Å². The molecule has 0 saturated carbocycles. The Kier molecular flexibility index (Phi) is 4.80. The topological polar surface area (TPSA) is 115 Å². The molecule has 28 heavy (non-hydrogen) atoms. The molecule has 1 amide bonds. The molecule has 1 fully saturated rings. The Hall–Kier alpha value is -3.24. The highest BCUT2D eigenvalue weighted by atomic mass is 19.1. The largest absolute Gasteiger partial charge is 0.387 e. The predicted octanol–water partition coefficient (Wildman–Crippen LogP) is 1.38. The first kappa shape index (κ1) is 18.1. The van der Waals surface area contributed by atoms with E-state index < -0.39 is 24.6 Å². The molecule has 0 aliphatic carbocycles. The molecular weight excluding hydrogens is 367 g/mol. The Morgan fingerprint density at radius 1 is 1.32 bits per heavy atom. The summed E-state index contributed by atoms with van der Waals surface area (Å²) in [6.07, 6.45) is -2.39. The fourth-order valence-electron chi connectivity index (χ4n) is 3.10. The summed E-state index contributed by atoms with van der Waals surface area (Å²) >= 11 is 0. The molecule has 144 valence electrons. The van der Waals surface area contributed by atoms with Gasteiger partial charge in [-0.25, -0.2) is 19.3 Å². The first-order valence-electron chi connectivity index (χ1n) is 8.54. The Labute approximate surface area is 158 Å². The number of fused-ring (bicyclic) bond motifs is 1. The molecular formula is C18H17FN6O3. The molecule has 2 aromatic heterocycles. The van der Waals surface area contributed by atoms with Crippen LogP contribution in [0.3, 0.4) is 0 Å². The van der Waals surface area contributed by atoms with Gasteiger partial charge in [0.05, 0.1) is 12.9 Å². The van der Waals surface area contributed by atoms with Gasteiger partial charge in [0.15, 0.2) is 29.4 Å². The third-order valence-electron chi connectivity index (χ3n) is 4.50. The zero-order chi connectivity index (χ0) is 19.7. The molecule has 0 unspecified atom stereocenters. The Bertz CT molecular complexity index is 1010. The average Bonchev–Trinajstić information content (AvgIpc) is 3.26. The number of rotatable bonds is 5. The number of ether oxygens (including phenoxy) is 1. The minimum atomic E-state index is -1.69. The van der Waals surface area contributed by atoms with E-state index in [2.05, 4.69) is 32.0 Å². The predicted molar refractivity (Wildman–Crippen MR) is 98.9 cm³/mol. The van der Waals surface area contributed by atoms with Gasteiger partial charge in [-0.15, -0.1) is 0 Å². The van der Waals surface area contributed by atoms with Gasteiger partial charge in [0.2, 0.25) is 0 Å². The lowest BCUT2D eigenvalue weighted by atomic mass is 10.1. The molecule has 0 spiro atoms. The highest BCUT2D eigenvalue weighted by Gasteiger charge is 2.45. The lowest BCUT2D eigenvalue weighted by Gasteiger charge is -2.15. The molecule has 9 nitrogen and oxygen atoms in total. The number of aliphatic imine (C=N–C) groups is 1. The quantitative estimate of drug-likeness (QED) is 0.642. The fraction of sp³-hybridized carbons (Fsp3) is 0.278. The number of aliphatic hydroxyl groups is 1. The number of hydrogen-bond acceptors (Lipinski definition) is 7. The monoisotopic (exact) mass is 384 g/mol. The number of aromatic nitrogens is 4. The van der Waals surface area contributed by atoms with Crippen molar-refractivity contribution in [1.82, 2.24) is 19.5 Å². The van der Waals surface area contributed by atoms with Gasteiger partial charge in [0.1, 0.15) is 18.5 Å². The second kappa shape index (κ2) is 7.41. The molecule has 0 bridgehead atoms. The number of benzene rings is 1. The number of amides is 1. The standard InChI is InChI=1S/C18H17FN6O3/c1-20-7-11-14(26)12(19)18(28-11)25-9-23-13-15(21-8-22-16(13)25)24-17(27)10-5-3-2-4-6-10/h2-6,8-9,11-12,14,18,26H,1,7H2,(H,21,22,24,27)/t11-,12-,14-,18-/m1/s1. The van der Waals surface area contributed by atoms with Gasteiger partial charge in [0.25, 0.3) is 5.91 Å². The van der Waals surface area contributed by atoms with Crippen molar-refractivity contribution in [2.24, 2.45) is 4.99 Å². The molecule has 1 aliphatic rings. The molecule has 10 heteroatoms. The third kappa shape index (κ3) is 3.12. The molecule has 3 heterocycles. The average molecular weight is 384 g/mol. The lowest BCUT2D eigenvalue weighted by Crippen LogP contribution is -2.30. The summed E-state index contributed by atoms with van der Waals surface area (Å²) in [5, 5.41) is 12.7.